The second-order valence-corrected chi connectivity index (χ2v) is 4.41. The van der Waals surface area contributed by atoms with Crippen LogP contribution in [0.1, 0.15) is 12.5 Å². The Labute approximate surface area is 130 Å². The maximum Gasteiger partial charge on any atom is 0.162 e. The first kappa shape index (κ1) is 15.5. The highest BCUT2D eigenvalue weighted by molar-refractivity contribution is 5.83. The summed E-state index contributed by atoms with van der Waals surface area (Å²) >= 11 is 0. The molecule has 2 aromatic carbocycles. The van der Waals surface area contributed by atoms with Crippen LogP contribution in [0.5, 0.6) is 17.2 Å². The molecule has 1 N–H and O–H groups in total. The molecule has 22 heavy (non-hydrogen) atoms. The van der Waals surface area contributed by atoms with Crippen LogP contribution in [0, 0.1) is 12.3 Å². The highest BCUT2D eigenvalue weighted by Crippen LogP contribution is 2.28. The van der Waals surface area contributed by atoms with Crippen molar-refractivity contribution in [3.8, 4) is 29.6 Å². The molecule has 112 valence electrons. The molecule has 2 aromatic rings. The second-order valence-electron chi connectivity index (χ2n) is 4.41. The summed E-state index contributed by atoms with van der Waals surface area (Å²) in [5.41, 5.74) is 1.63. The lowest BCUT2D eigenvalue weighted by atomic mass is 10.2. The van der Waals surface area contributed by atoms with Gasteiger partial charge in [0.2, 0.25) is 0 Å². The Morgan fingerprint density at radius 1 is 1.14 bits per heavy atom. The molecule has 0 unspecified atom stereocenters. The number of hydrogen-bond acceptors (Lipinski definition) is 4. The molecule has 0 spiro atoms. The van der Waals surface area contributed by atoms with Crippen molar-refractivity contribution in [3.05, 3.63) is 48.0 Å². The van der Waals surface area contributed by atoms with Crippen LogP contribution in [-0.4, -0.2) is 24.5 Å². The van der Waals surface area contributed by atoms with Crippen LogP contribution >= 0.6 is 0 Å². The van der Waals surface area contributed by atoms with Crippen molar-refractivity contribution < 1.29 is 14.6 Å². The standard InChI is InChI=1S/C18H17NO3/c1-3-11-22-17-10-5-14(12-18(17)21-4-2)13-19-15-6-8-16(20)9-7-15/h1,5-10,12-13,20H,4,11H2,2H3. The molecule has 0 saturated heterocycles. The van der Waals surface area contributed by atoms with E-state index in [4.69, 9.17) is 15.9 Å². The molecule has 0 fully saturated rings. The summed E-state index contributed by atoms with van der Waals surface area (Å²) in [6.45, 7) is 2.63. The van der Waals surface area contributed by atoms with Crippen molar-refractivity contribution in [3.63, 3.8) is 0 Å². The first-order chi connectivity index (χ1) is 10.7. The molecule has 0 atom stereocenters. The zero-order valence-corrected chi connectivity index (χ0v) is 12.3. The molecule has 4 heteroatoms. The number of nitrogens with zero attached hydrogens (tertiary/aromatic N) is 1. The Bertz CT molecular complexity index is 684. The molecule has 0 saturated carbocycles. The van der Waals surface area contributed by atoms with Gasteiger partial charge in [-0.2, -0.15) is 0 Å². The third kappa shape index (κ3) is 4.29. The van der Waals surface area contributed by atoms with Crippen molar-refractivity contribution in [2.45, 2.75) is 6.92 Å². The fraction of sp³-hybridized carbons (Fsp3) is 0.167. The summed E-state index contributed by atoms with van der Waals surface area (Å²) in [6, 6.07) is 12.2. The second kappa shape index (κ2) is 7.75. The average molecular weight is 295 g/mol. The first-order valence-corrected chi connectivity index (χ1v) is 6.89. The van der Waals surface area contributed by atoms with Gasteiger partial charge in [-0.15, -0.1) is 6.42 Å². The molecule has 0 bridgehead atoms. The van der Waals surface area contributed by atoms with Crippen LogP contribution in [0.25, 0.3) is 0 Å². The van der Waals surface area contributed by atoms with Crippen molar-refractivity contribution in [2.24, 2.45) is 4.99 Å². The molecule has 0 amide bonds. The van der Waals surface area contributed by atoms with E-state index >= 15 is 0 Å². The minimum Gasteiger partial charge on any atom is -0.508 e. The van der Waals surface area contributed by atoms with E-state index in [0.717, 1.165) is 11.3 Å². The number of benzene rings is 2. The zero-order valence-electron chi connectivity index (χ0n) is 12.3. The largest absolute Gasteiger partial charge is 0.508 e. The summed E-state index contributed by atoms with van der Waals surface area (Å²) in [5.74, 6) is 3.89. The smallest absolute Gasteiger partial charge is 0.162 e. The molecule has 0 aromatic heterocycles. The minimum atomic E-state index is 0.195. The van der Waals surface area contributed by atoms with E-state index in [9.17, 15) is 5.11 Å². The van der Waals surface area contributed by atoms with E-state index in [-0.39, 0.29) is 12.4 Å². The number of aromatic hydroxyl groups is 1. The van der Waals surface area contributed by atoms with Gasteiger partial charge in [-0.05, 0) is 55.0 Å². The maximum absolute atomic E-state index is 9.24. The van der Waals surface area contributed by atoms with E-state index in [2.05, 4.69) is 10.9 Å². The summed E-state index contributed by atoms with van der Waals surface area (Å²) in [4.78, 5) is 4.35. The zero-order chi connectivity index (χ0) is 15.8. The van der Waals surface area contributed by atoms with Crippen LogP contribution in [0.2, 0.25) is 0 Å². The molecule has 0 aliphatic rings. The Balaban J connectivity index is 2.18. The van der Waals surface area contributed by atoms with Crippen molar-refractivity contribution in [1.29, 1.82) is 0 Å². The van der Waals surface area contributed by atoms with Gasteiger partial charge in [0.25, 0.3) is 0 Å². The monoisotopic (exact) mass is 295 g/mol. The Morgan fingerprint density at radius 2 is 1.91 bits per heavy atom. The van der Waals surface area contributed by atoms with E-state index in [1.54, 1.807) is 36.5 Å². The maximum atomic E-state index is 9.24. The SMILES string of the molecule is C#CCOc1ccc(C=Nc2ccc(O)cc2)cc1OCC. The molecule has 2 rings (SSSR count). The number of rotatable bonds is 6. The lowest BCUT2D eigenvalue weighted by Crippen LogP contribution is -1.99. The van der Waals surface area contributed by atoms with Gasteiger partial charge >= 0.3 is 0 Å². The van der Waals surface area contributed by atoms with E-state index in [1.165, 1.54) is 0 Å². The van der Waals surface area contributed by atoms with Crippen molar-refractivity contribution in [2.75, 3.05) is 13.2 Å². The predicted molar refractivity (Wildman–Crippen MR) is 87.3 cm³/mol. The number of terminal acetylenes is 1. The van der Waals surface area contributed by atoms with Crippen molar-refractivity contribution in [1.82, 2.24) is 0 Å². The number of ether oxygens (including phenoxy) is 2. The highest BCUT2D eigenvalue weighted by atomic mass is 16.5. The summed E-state index contributed by atoms with van der Waals surface area (Å²) < 4.78 is 11.0. The quantitative estimate of drug-likeness (QED) is 0.655. The fourth-order valence-electron chi connectivity index (χ4n) is 1.80. The third-order valence-electron chi connectivity index (χ3n) is 2.79. The molecule has 0 radical (unpaired) electrons. The van der Waals surface area contributed by atoms with Crippen LogP contribution in [-0.2, 0) is 0 Å². The van der Waals surface area contributed by atoms with Gasteiger partial charge in [-0.3, -0.25) is 4.99 Å². The third-order valence-corrected chi connectivity index (χ3v) is 2.79. The van der Waals surface area contributed by atoms with E-state index in [0.29, 0.717) is 18.1 Å². The summed E-state index contributed by atoms with van der Waals surface area (Å²) in [6.07, 6.45) is 6.92. The van der Waals surface area contributed by atoms with Crippen LogP contribution in [0.4, 0.5) is 5.69 Å². The van der Waals surface area contributed by atoms with Gasteiger partial charge in [0.15, 0.2) is 11.5 Å². The Kier molecular flexibility index (Phi) is 5.44. The minimum absolute atomic E-state index is 0.195. The Hall–Kier alpha value is -2.93. The lowest BCUT2D eigenvalue weighted by Gasteiger charge is -2.10. The number of phenols is 1. The van der Waals surface area contributed by atoms with Crippen molar-refractivity contribution >= 4 is 11.9 Å². The summed E-state index contributed by atoms with van der Waals surface area (Å²) in [5, 5.41) is 9.24. The number of aliphatic imine (C=N–C) groups is 1. The normalized spacial score (nSPS) is 10.4. The van der Waals surface area contributed by atoms with E-state index in [1.807, 2.05) is 19.1 Å². The van der Waals surface area contributed by atoms with Crippen LogP contribution < -0.4 is 9.47 Å². The molecule has 0 heterocycles. The summed E-state index contributed by atoms with van der Waals surface area (Å²) in [7, 11) is 0. The van der Waals surface area contributed by atoms with Crippen LogP contribution in [0.3, 0.4) is 0 Å². The molecule has 4 nitrogen and oxygen atoms in total. The molecular formula is C18H17NO3. The van der Waals surface area contributed by atoms with Gasteiger partial charge in [-0.1, -0.05) is 5.92 Å². The Morgan fingerprint density at radius 3 is 2.59 bits per heavy atom. The molecule has 0 aliphatic carbocycles. The average Bonchev–Trinajstić information content (AvgIpc) is 2.54. The van der Waals surface area contributed by atoms with Gasteiger partial charge < -0.3 is 14.6 Å². The highest BCUT2D eigenvalue weighted by Gasteiger charge is 2.05. The van der Waals surface area contributed by atoms with Gasteiger partial charge in [0.05, 0.1) is 12.3 Å². The predicted octanol–water partition coefficient (Wildman–Crippen LogP) is 3.55. The first-order valence-electron chi connectivity index (χ1n) is 6.89. The van der Waals surface area contributed by atoms with Gasteiger partial charge in [0, 0.05) is 6.21 Å². The lowest BCUT2D eigenvalue weighted by molar-refractivity contribution is 0.299. The van der Waals surface area contributed by atoms with Crippen LogP contribution in [0.15, 0.2) is 47.5 Å². The fourth-order valence-corrected chi connectivity index (χ4v) is 1.80. The topological polar surface area (TPSA) is 51.0 Å². The molecular weight excluding hydrogens is 278 g/mol. The van der Waals surface area contributed by atoms with E-state index < -0.39 is 0 Å². The number of phenolic OH excluding ortho intramolecular Hbond substituents is 1. The molecule has 0 aliphatic heterocycles. The van der Waals surface area contributed by atoms with Gasteiger partial charge in [0.1, 0.15) is 12.4 Å². The van der Waals surface area contributed by atoms with Gasteiger partial charge in [-0.25, -0.2) is 0 Å². The number of hydrogen-bond donors (Lipinski definition) is 1.